The van der Waals surface area contributed by atoms with Crippen LogP contribution in [0.4, 0.5) is 0 Å². The summed E-state index contributed by atoms with van der Waals surface area (Å²) in [5.74, 6) is 0.0184. The van der Waals surface area contributed by atoms with Gasteiger partial charge >= 0.3 is 0 Å². The number of aromatic nitrogens is 1. The number of ether oxygens (including phenoxy) is 1. The maximum absolute atomic E-state index is 13.7. The minimum atomic E-state index is -0.0276. The number of benzene rings is 2. The number of nitrogens with one attached hydrogen (secondary N) is 1. The van der Waals surface area contributed by atoms with Crippen molar-refractivity contribution >= 4 is 22.7 Å². The molecule has 0 aliphatic heterocycles. The maximum atomic E-state index is 13.7. The Morgan fingerprint density at radius 2 is 1.45 bits per heavy atom. The number of rotatable bonds is 20. The third kappa shape index (κ3) is 10.8. The number of carbonyl (C=O) groups excluding carboxylic acids is 2. The van der Waals surface area contributed by atoms with E-state index in [0.717, 1.165) is 30.3 Å². The summed E-state index contributed by atoms with van der Waals surface area (Å²) in [6.07, 6.45) is 14.2. The maximum Gasteiger partial charge on any atom is 0.242 e. The number of H-pyrrole nitrogens is 1. The van der Waals surface area contributed by atoms with Gasteiger partial charge < -0.3 is 19.5 Å². The zero-order valence-electron chi connectivity index (χ0n) is 24.7. The molecule has 0 atom stereocenters. The molecule has 2 aromatic carbocycles. The fourth-order valence-electron chi connectivity index (χ4n) is 5.19. The third-order valence-corrected chi connectivity index (χ3v) is 7.63. The molecule has 3 rings (SSSR count). The van der Waals surface area contributed by atoms with Crippen molar-refractivity contribution in [1.82, 2.24) is 14.8 Å². The lowest BCUT2D eigenvalue weighted by Crippen LogP contribution is -2.44. The second-order valence-electron chi connectivity index (χ2n) is 10.8. The number of carbonyl (C=O) groups is 2. The van der Waals surface area contributed by atoms with Gasteiger partial charge in [0.2, 0.25) is 11.8 Å². The normalized spacial score (nSPS) is 11.2. The van der Waals surface area contributed by atoms with Crippen molar-refractivity contribution in [2.24, 2.45) is 0 Å². The summed E-state index contributed by atoms with van der Waals surface area (Å²) in [6, 6.07) is 18.3. The highest BCUT2D eigenvalue weighted by Crippen LogP contribution is 2.19. The Balaban J connectivity index is 1.56. The molecular weight excluding hydrogens is 498 g/mol. The Bertz CT molecular complexity index is 1130. The minimum Gasteiger partial charge on any atom is -0.383 e. The largest absolute Gasteiger partial charge is 0.383 e. The molecule has 2 amide bonds. The molecule has 0 unspecified atom stereocenters. The lowest BCUT2D eigenvalue weighted by Gasteiger charge is -2.28. The van der Waals surface area contributed by atoms with Crippen molar-refractivity contribution in [2.75, 3.05) is 33.4 Å². The Morgan fingerprint density at radius 3 is 2.17 bits per heavy atom. The molecule has 0 radical (unpaired) electrons. The number of fused-ring (bicyclic) bond motifs is 1. The summed E-state index contributed by atoms with van der Waals surface area (Å²) < 4.78 is 5.27. The Kier molecular flexibility index (Phi) is 14.3. The number of aromatic amines is 1. The molecule has 0 aliphatic rings. The lowest BCUT2D eigenvalue weighted by atomic mass is 10.1. The molecule has 0 aliphatic carbocycles. The van der Waals surface area contributed by atoms with Crippen LogP contribution in [-0.2, 0) is 27.3 Å². The first-order valence-corrected chi connectivity index (χ1v) is 15.3. The topological polar surface area (TPSA) is 65.6 Å². The van der Waals surface area contributed by atoms with Crippen molar-refractivity contribution in [1.29, 1.82) is 0 Å². The van der Waals surface area contributed by atoms with Crippen LogP contribution in [0.25, 0.3) is 10.9 Å². The monoisotopic (exact) mass is 547 g/mol. The number of unbranched alkanes of at least 4 members (excludes halogenated alkanes) is 8. The van der Waals surface area contributed by atoms with Crippen molar-refractivity contribution in [3.63, 3.8) is 0 Å². The van der Waals surface area contributed by atoms with Crippen molar-refractivity contribution < 1.29 is 14.3 Å². The SMILES string of the molecule is CCCCCCCCCCCC(=O)N(CCOC)CC(=O)N(CCc1c[nH]c2ccccc12)Cc1ccccc1. The van der Waals surface area contributed by atoms with E-state index in [1.54, 1.807) is 12.0 Å². The van der Waals surface area contributed by atoms with Gasteiger partial charge in [0.1, 0.15) is 0 Å². The fraction of sp³-hybridized carbons (Fsp3) is 0.529. The second-order valence-corrected chi connectivity index (χ2v) is 10.8. The average molecular weight is 548 g/mol. The number of hydrogen-bond donors (Lipinski definition) is 1. The molecule has 1 N–H and O–H groups in total. The first kappa shape index (κ1) is 31.4. The van der Waals surface area contributed by atoms with Crippen LogP contribution in [0.15, 0.2) is 60.8 Å². The highest BCUT2D eigenvalue weighted by atomic mass is 16.5. The van der Waals surface area contributed by atoms with E-state index in [4.69, 9.17) is 4.74 Å². The first-order valence-electron chi connectivity index (χ1n) is 15.3. The van der Waals surface area contributed by atoms with E-state index in [1.165, 1.54) is 55.9 Å². The van der Waals surface area contributed by atoms with Crippen molar-refractivity contribution in [3.8, 4) is 0 Å². The van der Waals surface area contributed by atoms with Crippen LogP contribution in [0.5, 0.6) is 0 Å². The van der Waals surface area contributed by atoms with E-state index >= 15 is 0 Å². The summed E-state index contributed by atoms with van der Waals surface area (Å²) in [5, 5.41) is 1.19. The number of nitrogens with zero attached hydrogens (tertiary/aromatic N) is 2. The third-order valence-electron chi connectivity index (χ3n) is 7.63. The van der Waals surface area contributed by atoms with Gasteiger partial charge in [-0.2, -0.15) is 0 Å². The molecule has 0 saturated heterocycles. The molecule has 0 saturated carbocycles. The minimum absolute atomic E-state index is 0.0276. The van der Waals surface area contributed by atoms with Gasteiger partial charge in [0.05, 0.1) is 13.2 Å². The number of hydrogen-bond acceptors (Lipinski definition) is 3. The molecule has 3 aromatic rings. The predicted molar refractivity (Wildman–Crippen MR) is 164 cm³/mol. The average Bonchev–Trinajstić information content (AvgIpc) is 3.39. The molecule has 0 spiro atoms. The van der Waals surface area contributed by atoms with Crippen LogP contribution in [0, 0.1) is 0 Å². The molecule has 40 heavy (non-hydrogen) atoms. The van der Waals surface area contributed by atoms with E-state index in [1.807, 2.05) is 53.6 Å². The first-order chi connectivity index (χ1) is 19.6. The van der Waals surface area contributed by atoms with E-state index < -0.39 is 0 Å². The zero-order valence-corrected chi connectivity index (χ0v) is 24.7. The van der Waals surface area contributed by atoms with E-state index in [9.17, 15) is 9.59 Å². The van der Waals surface area contributed by atoms with Crippen LogP contribution in [0.1, 0.15) is 82.3 Å². The summed E-state index contributed by atoms with van der Waals surface area (Å²) in [7, 11) is 1.63. The highest BCUT2D eigenvalue weighted by Gasteiger charge is 2.21. The Hall–Kier alpha value is -3.12. The predicted octanol–water partition coefficient (Wildman–Crippen LogP) is 7.14. The van der Waals surface area contributed by atoms with Gasteiger partial charge in [-0.3, -0.25) is 9.59 Å². The molecule has 0 bridgehead atoms. The van der Waals surface area contributed by atoms with Gasteiger partial charge in [-0.15, -0.1) is 0 Å². The van der Waals surface area contributed by atoms with E-state index in [2.05, 4.69) is 24.0 Å². The van der Waals surface area contributed by atoms with Crippen molar-refractivity contribution in [2.45, 2.75) is 84.1 Å². The van der Waals surface area contributed by atoms with Gasteiger partial charge in [0.25, 0.3) is 0 Å². The summed E-state index contributed by atoms with van der Waals surface area (Å²) in [4.78, 5) is 33.7. The van der Waals surface area contributed by atoms with Gasteiger partial charge in [0.15, 0.2) is 0 Å². The number of para-hydroxylation sites is 1. The Labute approximate surface area is 241 Å². The number of methoxy groups -OCH3 is 1. The molecule has 1 aromatic heterocycles. The molecule has 6 heteroatoms. The molecule has 0 fully saturated rings. The van der Waals surface area contributed by atoms with Crippen LogP contribution in [0.2, 0.25) is 0 Å². The molecule has 218 valence electrons. The van der Waals surface area contributed by atoms with Gasteiger partial charge in [-0.05, 0) is 30.0 Å². The van der Waals surface area contributed by atoms with Crippen LogP contribution in [-0.4, -0.2) is 59.9 Å². The second kappa shape index (κ2) is 18.3. The molecule has 1 heterocycles. The van der Waals surface area contributed by atoms with Crippen LogP contribution >= 0.6 is 0 Å². The van der Waals surface area contributed by atoms with E-state index in [0.29, 0.717) is 32.7 Å². The number of amides is 2. The zero-order chi connectivity index (χ0) is 28.4. The van der Waals surface area contributed by atoms with Gasteiger partial charge in [-0.25, -0.2) is 0 Å². The summed E-state index contributed by atoms with van der Waals surface area (Å²) in [5.41, 5.74) is 3.38. The van der Waals surface area contributed by atoms with Gasteiger partial charge in [0, 0.05) is 50.3 Å². The lowest BCUT2D eigenvalue weighted by molar-refractivity contribution is -0.141. The Morgan fingerprint density at radius 1 is 0.775 bits per heavy atom. The van der Waals surface area contributed by atoms with Crippen LogP contribution < -0.4 is 0 Å². The molecule has 6 nitrogen and oxygen atoms in total. The van der Waals surface area contributed by atoms with Crippen LogP contribution in [0.3, 0.4) is 0 Å². The smallest absolute Gasteiger partial charge is 0.242 e. The quantitative estimate of drug-likeness (QED) is 0.153. The van der Waals surface area contributed by atoms with E-state index in [-0.39, 0.29) is 18.4 Å². The summed E-state index contributed by atoms with van der Waals surface area (Å²) >= 11 is 0. The van der Waals surface area contributed by atoms with Crippen molar-refractivity contribution in [3.05, 3.63) is 71.9 Å². The standard InChI is InChI=1S/C34H49N3O3/c1-3-4-5-6-7-8-9-10-14-21-33(38)37(24-25-40-2)28-34(39)36(27-29-17-12-11-13-18-29)23-22-30-26-35-32-20-16-15-19-31(30)32/h11-13,15-20,26,35H,3-10,14,21-25,27-28H2,1-2H3. The highest BCUT2D eigenvalue weighted by molar-refractivity contribution is 5.85. The fourth-order valence-corrected chi connectivity index (χ4v) is 5.19. The van der Waals surface area contributed by atoms with Gasteiger partial charge in [-0.1, -0.05) is 107 Å². The summed E-state index contributed by atoms with van der Waals surface area (Å²) in [6.45, 7) is 4.28. The molecular formula is C34H49N3O3.